The van der Waals surface area contributed by atoms with Crippen molar-refractivity contribution in [3.05, 3.63) is 53.3 Å². The number of anilines is 1. The fraction of sp³-hybridized carbons (Fsp3) is 0.238. The third kappa shape index (κ3) is 2.98. The molecule has 4 aromatic rings. The molecule has 2 aliphatic rings. The highest BCUT2D eigenvalue weighted by Gasteiger charge is 2.43. The maximum absolute atomic E-state index is 15.4. The number of alkyl halides is 1. The van der Waals surface area contributed by atoms with Gasteiger partial charge in [-0.1, -0.05) is 23.8 Å². The SMILES string of the molecule is O=C(Nc1cn2cc(-c3c(Cl)c(F)c(C4C=CCO4)c4[nH]ncc34)ncc2n1)C1CC1F. The second-order valence-electron chi connectivity index (χ2n) is 7.77. The van der Waals surface area contributed by atoms with Gasteiger partial charge in [0.15, 0.2) is 17.3 Å². The van der Waals surface area contributed by atoms with E-state index >= 15 is 4.39 Å². The average molecular weight is 457 g/mol. The molecule has 0 bridgehead atoms. The standard InChI is InChI=1S/C21H15ClF2N6O2/c22-18-16(10-5-26-29-20(10)17(19(18)24)13-2-1-3-32-13)12-7-30-8-14(27-15(30)6-25-12)28-21(31)9-4-11(9)23/h1-2,5-9,11,13H,3-4H2,(H,26,29)(H,28,31). The van der Waals surface area contributed by atoms with Crippen LogP contribution in [0, 0.1) is 11.7 Å². The summed E-state index contributed by atoms with van der Waals surface area (Å²) >= 11 is 6.47. The molecule has 4 heterocycles. The number of H-pyrrole nitrogens is 1. The van der Waals surface area contributed by atoms with Gasteiger partial charge in [0.05, 0.1) is 47.3 Å². The molecule has 6 rings (SSSR count). The minimum absolute atomic E-state index is 0.0963. The summed E-state index contributed by atoms with van der Waals surface area (Å²) in [7, 11) is 0. The summed E-state index contributed by atoms with van der Waals surface area (Å²) in [6, 6.07) is 0. The van der Waals surface area contributed by atoms with Crippen LogP contribution >= 0.6 is 11.6 Å². The number of rotatable bonds is 4. The number of hydrogen-bond acceptors (Lipinski definition) is 5. The topological polar surface area (TPSA) is 97.2 Å². The van der Waals surface area contributed by atoms with Crippen molar-refractivity contribution in [2.45, 2.75) is 18.7 Å². The first kappa shape index (κ1) is 19.3. The van der Waals surface area contributed by atoms with Crippen LogP contribution in [-0.4, -0.2) is 43.3 Å². The molecule has 1 aromatic carbocycles. The van der Waals surface area contributed by atoms with Crippen LogP contribution in [0.2, 0.25) is 5.02 Å². The van der Waals surface area contributed by atoms with E-state index in [0.29, 0.717) is 40.0 Å². The lowest BCUT2D eigenvalue weighted by molar-refractivity contribution is -0.117. The minimum Gasteiger partial charge on any atom is -0.365 e. The summed E-state index contributed by atoms with van der Waals surface area (Å²) in [4.78, 5) is 20.7. The van der Waals surface area contributed by atoms with E-state index in [2.05, 4.69) is 25.5 Å². The number of ether oxygens (including phenoxy) is 1. The summed E-state index contributed by atoms with van der Waals surface area (Å²) in [6.07, 6.45) is 8.42. The van der Waals surface area contributed by atoms with Gasteiger partial charge in [-0.05, 0) is 6.42 Å². The number of carbonyl (C=O) groups excluding carboxylic acids is 1. The molecule has 8 nitrogen and oxygen atoms in total. The molecule has 1 fully saturated rings. The monoisotopic (exact) mass is 456 g/mol. The number of nitrogens with zero attached hydrogens (tertiary/aromatic N) is 4. The fourth-order valence-corrected chi connectivity index (χ4v) is 4.27. The summed E-state index contributed by atoms with van der Waals surface area (Å²) < 4.78 is 35.7. The van der Waals surface area contributed by atoms with Crippen LogP contribution < -0.4 is 5.32 Å². The number of imidazole rings is 1. The van der Waals surface area contributed by atoms with Crippen LogP contribution in [0.15, 0.2) is 36.9 Å². The third-order valence-corrected chi connectivity index (χ3v) is 6.05. The Labute approximate surface area is 184 Å². The van der Waals surface area contributed by atoms with E-state index in [1.165, 1.54) is 6.20 Å². The first-order chi connectivity index (χ1) is 15.5. The van der Waals surface area contributed by atoms with Crippen molar-refractivity contribution in [1.29, 1.82) is 0 Å². The van der Waals surface area contributed by atoms with Crippen LogP contribution in [0.3, 0.4) is 0 Å². The number of amides is 1. The van der Waals surface area contributed by atoms with Crippen LogP contribution in [0.4, 0.5) is 14.6 Å². The fourth-order valence-electron chi connectivity index (χ4n) is 3.97. The van der Waals surface area contributed by atoms with Crippen molar-refractivity contribution in [3.8, 4) is 11.3 Å². The molecule has 1 aliphatic heterocycles. The van der Waals surface area contributed by atoms with Gasteiger partial charge in [-0.2, -0.15) is 5.10 Å². The first-order valence-electron chi connectivity index (χ1n) is 9.93. The zero-order chi connectivity index (χ0) is 22.0. The Balaban J connectivity index is 1.43. The van der Waals surface area contributed by atoms with Gasteiger partial charge < -0.3 is 14.5 Å². The Bertz CT molecular complexity index is 1430. The molecule has 1 saturated carbocycles. The molecule has 1 aliphatic carbocycles. The lowest BCUT2D eigenvalue weighted by atomic mass is 9.99. The lowest BCUT2D eigenvalue weighted by Crippen LogP contribution is -2.15. The normalized spacial score (nSPS) is 22.2. The molecule has 32 heavy (non-hydrogen) atoms. The van der Waals surface area contributed by atoms with E-state index in [1.807, 2.05) is 6.08 Å². The maximum atomic E-state index is 15.4. The third-order valence-electron chi connectivity index (χ3n) is 5.69. The zero-order valence-corrected chi connectivity index (χ0v) is 17.1. The molecular formula is C21H15ClF2N6O2. The van der Waals surface area contributed by atoms with Crippen molar-refractivity contribution in [2.75, 3.05) is 11.9 Å². The average Bonchev–Trinajstić information content (AvgIpc) is 3.21. The molecule has 0 radical (unpaired) electrons. The molecular weight excluding hydrogens is 442 g/mol. The van der Waals surface area contributed by atoms with E-state index < -0.39 is 29.9 Å². The van der Waals surface area contributed by atoms with Crippen molar-refractivity contribution < 1.29 is 18.3 Å². The molecule has 3 aromatic heterocycles. The second-order valence-corrected chi connectivity index (χ2v) is 8.15. The predicted molar refractivity (Wildman–Crippen MR) is 113 cm³/mol. The van der Waals surface area contributed by atoms with Crippen LogP contribution in [-0.2, 0) is 9.53 Å². The van der Waals surface area contributed by atoms with E-state index in [0.717, 1.165) is 0 Å². The quantitative estimate of drug-likeness (QED) is 0.452. The van der Waals surface area contributed by atoms with Crippen molar-refractivity contribution in [2.24, 2.45) is 5.92 Å². The molecule has 3 atom stereocenters. The first-order valence-corrected chi connectivity index (χ1v) is 10.3. The second kappa shape index (κ2) is 7.07. The summed E-state index contributed by atoms with van der Waals surface area (Å²) in [6.45, 7) is 0.392. The largest absolute Gasteiger partial charge is 0.365 e. The van der Waals surface area contributed by atoms with E-state index in [-0.39, 0.29) is 17.3 Å². The number of benzene rings is 1. The van der Waals surface area contributed by atoms with E-state index in [9.17, 15) is 9.18 Å². The number of aromatic amines is 1. The van der Waals surface area contributed by atoms with Gasteiger partial charge in [0, 0.05) is 22.7 Å². The minimum atomic E-state index is -1.09. The van der Waals surface area contributed by atoms with Crippen LogP contribution in [0.5, 0.6) is 0 Å². The smallest absolute Gasteiger partial charge is 0.231 e. The van der Waals surface area contributed by atoms with Crippen molar-refractivity contribution in [3.63, 3.8) is 0 Å². The molecule has 0 spiro atoms. The molecule has 2 N–H and O–H groups in total. The van der Waals surface area contributed by atoms with Gasteiger partial charge in [0.1, 0.15) is 12.3 Å². The number of hydrogen-bond donors (Lipinski definition) is 2. The van der Waals surface area contributed by atoms with E-state index in [1.54, 1.807) is 29.1 Å². The van der Waals surface area contributed by atoms with Crippen LogP contribution in [0.1, 0.15) is 18.1 Å². The molecule has 1 amide bonds. The lowest BCUT2D eigenvalue weighted by Gasteiger charge is -2.15. The Morgan fingerprint density at radius 3 is 2.94 bits per heavy atom. The number of fused-ring (bicyclic) bond motifs is 2. The highest BCUT2D eigenvalue weighted by molar-refractivity contribution is 6.35. The summed E-state index contributed by atoms with van der Waals surface area (Å²) in [5.41, 5.74) is 1.99. The zero-order valence-electron chi connectivity index (χ0n) is 16.3. The Hall–Kier alpha value is -3.37. The van der Waals surface area contributed by atoms with Gasteiger partial charge in [0.25, 0.3) is 0 Å². The number of nitrogens with one attached hydrogen (secondary N) is 2. The van der Waals surface area contributed by atoms with Gasteiger partial charge in [-0.25, -0.2) is 13.8 Å². The van der Waals surface area contributed by atoms with Crippen LogP contribution in [0.25, 0.3) is 27.8 Å². The molecule has 3 unspecified atom stereocenters. The number of carbonyl (C=O) groups is 1. The maximum Gasteiger partial charge on any atom is 0.231 e. The van der Waals surface area contributed by atoms with Gasteiger partial charge >= 0.3 is 0 Å². The predicted octanol–water partition coefficient (Wildman–Crippen LogP) is 3.99. The van der Waals surface area contributed by atoms with Gasteiger partial charge in [-0.3, -0.25) is 14.9 Å². The Kier molecular flexibility index (Phi) is 4.27. The summed E-state index contributed by atoms with van der Waals surface area (Å²) in [5, 5.41) is 10.0. The Morgan fingerprint density at radius 1 is 1.34 bits per heavy atom. The number of aromatic nitrogens is 5. The highest BCUT2D eigenvalue weighted by atomic mass is 35.5. The van der Waals surface area contributed by atoms with Crippen molar-refractivity contribution >= 4 is 39.9 Å². The molecule has 0 saturated heterocycles. The Morgan fingerprint density at radius 2 is 2.19 bits per heavy atom. The number of halogens is 3. The van der Waals surface area contributed by atoms with Gasteiger partial charge in [-0.15, -0.1) is 0 Å². The molecule has 11 heteroatoms. The molecule has 162 valence electrons. The van der Waals surface area contributed by atoms with E-state index in [4.69, 9.17) is 16.3 Å². The summed E-state index contributed by atoms with van der Waals surface area (Å²) in [5.74, 6) is -1.36. The highest BCUT2D eigenvalue weighted by Crippen LogP contribution is 2.42. The van der Waals surface area contributed by atoms with Gasteiger partial charge in [0.2, 0.25) is 5.91 Å². The van der Waals surface area contributed by atoms with Crippen molar-refractivity contribution in [1.82, 2.24) is 24.6 Å².